The first-order valence-electron chi connectivity index (χ1n) is 6.02. The number of nitrogens with zero attached hydrogens (tertiary/aromatic N) is 1. The van der Waals surface area contributed by atoms with Crippen molar-refractivity contribution in [2.24, 2.45) is 5.92 Å². The summed E-state index contributed by atoms with van der Waals surface area (Å²) in [6.07, 6.45) is 5.39. The molecule has 0 aliphatic heterocycles. The SMILES string of the molecule is CC(C)c1cc(C2CC=CCC2C(=O)O)[nH]n1. The number of carboxylic acids is 1. The third kappa shape index (κ3) is 2.40. The van der Waals surface area contributed by atoms with E-state index < -0.39 is 5.97 Å². The van der Waals surface area contributed by atoms with Gasteiger partial charge in [-0.05, 0) is 24.8 Å². The van der Waals surface area contributed by atoms with Gasteiger partial charge < -0.3 is 5.11 Å². The molecule has 92 valence electrons. The van der Waals surface area contributed by atoms with Gasteiger partial charge in [0.05, 0.1) is 11.6 Å². The standard InChI is InChI=1S/C13H18N2O2/c1-8(2)11-7-12(15-14-11)9-5-3-4-6-10(9)13(16)17/h3-4,7-10H,5-6H2,1-2H3,(H,14,15)(H,16,17). The zero-order chi connectivity index (χ0) is 12.4. The number of rotatable bonds is 3. The van der Waals surface area contributed by atoms with Crippen LogP contribution in [-0.4, -0.2) is 21.3 Å². The number of hydrogen-bond acceptors (Lipinski definition) is 2. The first-order chi connectivity index (χ1) is 8.09. The minimum absolute atomic E-state index is 0.0255. The maximum Gasteiger partial charge on any atom is 0.307 e. The highest BCUT2D eigenvalue weighted by molar-refractivity contribution is 5.71. The largest absolute Gasteiger partial charge is 0.481 e. The molecule has 0 bridgehead atoms. The predicted molar refractivity (Wildman–Crippen MR) is 64.9 cm³/mol. The van der Waals surface area contributed by atoms with Crippen molar-refractivity contribution in [3.8, 4) is 0 Å². The Morgan fingerprint density at radius 3 is 2.76 bits per heavy atom. The van der Waals surface area contributed by atoms with E-state index in [1.165, 1.54) is 0 Å². The zero-order valence-electron chi connectivity index (χ0n) is 10.2. The quantitative estimate of drug-likeness (QED) is 0.790. The van der Waals surface area contributed by atoms with Gasteiger partial charge in [0, 0.05) is 11.6 Å². The summed E-state index contributed by atoms with van der Waals surface area (Å²) in [6, 6.07) is 2.00. The summed E-state index contributed by atoms with van der Waals surface area (Å²) in [7, 11) is 0. The molecule has 0 amide bonds. The monoisotopic (exact) mass is 234 g/mol. The molecule has 1 aliphatic rings. The lowest BCUT2D eigenvalue weighted by Crippen LogP contribution is -2.23. The van der Waals surface area contributed by atoms with Crippen LogP contribution in [0.3, 0.4) is 0 Å². The van der Waals surface area contributed by atoms with E-state index in [2.05, 4.69) is 30.1 Å². The molecule has 1 heterocycles. The Morgan fingerprint density at radius 1 is 1.47 bits per heavy atom. The van der Waals surface area contributed by atoms with Gasteiger partial charge in [-0.1, -0.05) is 26.0 Å². The van der Waals surface area contributed by atoms with E-state index in [4.69, 9.17) is 0 Å². The molecule has 2 rings (SSSR count). The van der Waals surface area contributed by atoms with Crippen molar-refractivity contribution >= 4 is 5.97 Å². The molecule has 4 heteroatoms. The van der Waals surface area contributed by atoms with Gasteiger partial charge in [0.1, 0.15) is 0 Å². The number of nitrogens with one attached hydrogen (secondary N) is 1. The molecule has 2 N–H and O–H groups in total. The molecule has 0 saturated heterocycles. The fourth-order valence-electron chi connectivity index (χ4n) is 2.27. The summed E-state index contributed by atoms with van der Waals surface area (Å²) >= 11 is 0. The normalized spacial score (nSPS) is 24.2. The van der Waals surface area contributed by atoms with Crippen LogP contribution < -0.4 is 0 Å². The topological polar surface area (TPSA) is 66.0 Å². The lowest BCUT2D eigenvalue weighted by atomic mass is 9.81. The van der Waals surface area contributed by atoms with Gasteiger partial charge >= 0.3 is 5.97 Å². The Hall–Kier alpha value is -1.58. The summed E-state index contributed by atoms with van der Waals surface area (Å²) in [5, 5.41) is 16.5. The lowest BCUT2D eigenvalue weighted by molar-refractivity contribution is -0.142. The summed E-state index contributed by atoms with van der Waals surface area (Å²) in [6.45, 7) is 4.16. The van der Waals surface area contributed by atoms with Gasteiger partial charge in [-0.2, -0.15) is 5.10 Å². The molecule has 0 spiro atoms. The van der Waals surface area contributed by atoms with Crippen molar-refractivity contribution in [3.05, 3.63) is 29.6 Å². The van der Waals surface area contributed by atoms with Crippen LogP contribution in [0.5, 0.6) is 0 Å². The van der Waals surface area contributed by atoms with Crippen LogP contribution in [0.2, 0.25) is 0 Å². The van der Waals surface area contributed by atoms with E-state index in [0.29, 0.717) is 12.3 Å². The Morgan fingerprint density at radius 2 is 2.18 bits per heavy atom. The maximum absolute atomic E-state index is 11.2. The number of aromatic amines is 1. The Balaban J connectivity index is 2.24. The number of hydrogen-bond donors (Lipinski definition) is 2. The number of carboxylic acid groups (broad SMARTS) is 1. The molecule has 1 aromatic rings. The number of aliphatic carboxylic acids is 1. The first kappa shape index (κ1) is 11.9. The summed E-state index contributed by atoms with van der Waals surface area (Å²) in [5.74, 6) is -0.666. The average Bonchev–Trinajstić information content (AvgIpc) is 2.78. The summed E-state index contributed by atoms with van der Waals surface area (Å²) < 4.78 is 0. The highest BCUT2D eigenvalue weighted by Gasteiger charge is 2.31. The summed E-state index contributed by atoms with van der Waals surface area (Å²) in [4.78, 5) is 11.2. The van der Waals surface area contributed by atoms with Gasteiger partial charge in [-0.15, -0.1) is 0 Å². The Labute approximate surface area is 101 Å². The van der Waals surface area contributed by atoms with Crippen molar-refractivity contribution in [1.82, 2.24) is 10.2 Å². The molecule has 2 atom stereocenters. The fraction of sp³-hybridized carbons (Fsp3) is 0.538. The van der Waals surface area contributed by atoms with Crippen LogP contribution in [0.4, 0.5) is 0 Å². The molecule has 1 aromatic heterocycles. The van der Waals surface area contributed by atoms with E-state index in [0.717, 1.165) is 17.8 Å². The van der Waals surface area contributed by atoms with Gasteiger partial charge in [-0.25, -0.2) is 0 Å². The number of carbonyl (C=O) groups is 1. The second-order valence-corrected chi connectivity index (χ2v) is 4.90. The minimum Gasteiger partial charge on any atom is -0.481 e. The molecule has 0 aromatic carbocycles. The third-order valence-corrected chi connectivity index (χ3v) is 3.36. The smallest absolute Gasteiger partial charge is 0.307 e. The molecule has 0 fully saturated rings. The number of allylic oxidation sites excluding steroid dienone is 2. The van der Waals surface area contributed by atoms with E-state index in [1.807, 2.05) is 12.1 Å². The second kappa shape index (κ2) is 4.73. The van der Waals surface area contributed by atoms with Crippen LogP contribution in [0, 0.1) is 5.92 Å². The van der Waals surface area contributed by atoms with Gasteiger partial charge in [0.15, 0.2) is 0 Å². The highest BCUT2D eigenvalue weighted by atomic mass is 16.4. The van der Waals surface area contributed by atoms with E-state index >= 15 is 0 Å². The molecule has 17 heavy (non-hydrogen) atoms. The lowest BCUT2D eigenvalue weighted by Gasteiger charge is -2.23. The first-order valence-corrected chi connectivity index (χ1v) is 6.02. The van der Waals surface area contributed by atoms with Gasteiger partial charge in [-0.3, -0.25) is 9.89 Å². The van der Waals surface area contributed by atoms with Crippen LogP contribution >= 0.6 is 0 Å². The molecule has 0 saturated carbocycles. The van der Waals surface area contributed by atoms with Gasteiger partial charge in [0.25, 0.3) is 0 Å². The van der Waals surface area contributed by atoms with Crippen LogP contribution in [0.25, 0.3) is 0 Å². The van der Waals surface area contributed by atoms with Gasteiger partial charge in [0.2, 0.25) is 0 Å². The summed E-state index contributed by atoms with van der Waals surface area (Å²) in [5.41, 5.74) is 1.95. The van der Waals surface area contributed by atoms with Crippen LogP contribution in [-0.2, 0) is 4.79 Å². The molecular weight excluding hydrogens is 216 g/mol. The Kier molecular flexibility index (Phi) is 3.31. The molecular formula is C13H18N2O2. The van der Waals surface area contributed by atoms with Crippen LogP contribution in [0.1, 0.15) is 49.9 Å². The molecule has 2 unspecified atom stereocenters. The van der Waals surface area contributed by atoms with E-state index in [9.17, 15) is 9.90 Å². The van der Waals surface area contributed by atoms with Crippen molar-refractivity contribution in [3.63, 3.8) is 0 Å². The van der Waals surface area contributed by atoms with E-state index in [-0.39, 0.29) is 11.8 Å². The van der Waals surface area contributed by atoms with Crippen molar-refractivity contribution in [2.45, 2.75) is 38.5 Å². The fourth-order valence-corrected chi connectivity index (χ4v) is 2.27. The highest BCUT2D eigenvalue weighted by Crippen LogP contribution is 2.34. The Bertz CT molecular complexity index is 434. The molecule has 1 aliphatic carbocycles. The third-order valence-electron chi connectivity index (χ3n) is 3.36. The number of H-pyrrole nitrogens is 1. The average molecular weight is 234 g/mol. The van der Waals surface area contributed by atoms with Crippen molar-refractivity contribution in [1.29, 1.82) is 0 Å². The number of aromatic nitrogens is 2. The van der Waals surface area contributed by atoms with Crippen molar-refractivity contribution < 1.29 is 9.90 Å². The second-order valence-electron chi connectivity index (χ2n) is 4.90. The maximum atomic E-state index is 11.2. The van der Waals surface area contributed by atoms with E-state index in [1.54, 1.807) is 0 Å². The van der Waals surface area contributed by atoms with Crippen molar-refractivity contribution in [2.75, 3.05) is 0 Å². The predicted octanol–water partition coefficient (Wildman–Crippen LogP) is 2.67. The molecule has 0 radical (unpaired) electrons. The minimum atomic E-state index is -0.722. The molecule has 4 nitrogen and oxygen atoms in total. The van der Waals surface area contributed by atoms with Crippen LogP contribution in [0.15, 0.2) is 18.2 Å². The zero-order valence-corrected chi connectivity index (χ0v) is 10.2.